The molecule has 1 unspecified atom stereocenters. The number of hydrogen-bond acceptors (Lipinski definition) is 6. The van der Waals surface area contributed by atoms with E-state index in [-0.39, 0.29) is 47.1 Å². The number of anilines is 1. The Kier molecular flexibility index (Phi) is 6.46. The summed E-state index contributed by atoms with van der Waals surface area (Å²) in [5, 5.41) is 4.30. The predicted octanol–water partition coefficient (Wildman–Crippen LogP) is 1.82. The van der Waals surface area contributed by atoms with E-state index in [1.54, 1.807) is 5.32 Å². The number of carbonyl (C=O) groups excluding carboxylic acids is 3. The van der Waals surface area contributed by atoms with Crippen LogP contribution >= 0.6 is 0 Å². The van der Waals surface area contributed by atoms with Crippen LogP contribution in [-0.4, -0.2) is 72.6 Å². The van der Waals surface area contributed by atoms with Gasteiger partial charge in [0.1, 0.15) is 22.4 Å². The zero-order chi connectivity index (χ0) is 30.3. The van der Waals surface area contributed by atoms with Crippen LogP contribution in [0.25, 0.3) is 0 Å². The lowest BCUT2D eigenvalue weighted by Gasteiger charge is -2.29. The fourth-order valence-electron chi connectivity index (χ4n) is 5.22. The van der Waals surface area contributed by atoms with E-state index < -0.39 is 62.8 Å². The summed E-state index contributed by atoms with van der Waals surface area (Å²) in [4.78, 5) is 39.1. The number of sulfonamides is 1. The highest BCUT2D eigenvalue weighted by Crippen LogP contribution is 2.57. The number of halogens is 4. The van der Waals surface area contributed by atoms with Crippen molar-refractivity contribution < 1.29 is 45.1 Å². The maximum absolute atomic E-state index is 13.7. The summed E-state index contributed by atoms with van der Waals surface area (Å²) in [5.74, 6) is -4.11. The standard InChI is InChI=1S/C25H27F4N5O6S/c1-12-7-13(5-6-14(12)26)30-20(35)18-19-15(9-33(18)4)41(38,39)32-16-10-34(11-24(16)8-17(24)40-19)22(37)21(36)31-23(2,3)25(27,28)29/h5-7,9,16-17,32H,8,10-11H2,1-4H3,(H,30,35)(H,31,36)/t16-,17+,24?/m0/s1. The number of carbonyl (C=O) groups is 3. The number of nitrogens with one attached hydrogen (secondary N) is 3. The van der Waals surface area contributed by atoms with Gasteiger partial charge in [-0.05, 0) is 51.0 Å². The Morgan fingerprint density at radius 3 is 2.51 bits per heavy atom. The second-order valence-electron chi connectivity index (χ2n) is 11.2. The minimum Gasteiger partial charge on any atom is -0.486 e. The molecule has 3 amide bonds. The van der Waals surface area contributed by atoms with E-state index in [0.29, 0.717) is 0 Å². The third-order valence-electron chi connectivity index (χ3n) is 7.83. The fraction of sp³-hybridized carbons (Fsp3) is 0.480. The van der Waals surface area contributed by atoms with E-state index in [1.165, 1.54) is 42.9 Å². The maximum atomic E-state index is 13.7. The van der Waals surface area contributed by atoms with Gasteiger partial charge in [-0.15, -0.1) is 0 Å². The fourth-order valence-corrected chi connectivity index (χ4v) is 6.72. The first-order chi connectivity index (χ1) is 18.9. The Hall–Kier alpha value is -3.66. The van der Waals surface area contributed by atoms with Crippen LogP contribution in [0.5, 0.6) is 5.75 Å². The molecule has 1 aromatic carbocycles. The van der Waals surface area contributed by atoms with Crippen LogP contribution in [-0.2, 0) is 26.7 Å². The summed E-state index contributed by atoms with van der Waals surface area (Å²) < 4.78 is 90.0. The lowest BCUT2D eigenvalue weighted by atomic mass is 10.0. The molecule has 1 spiro atoms. The molecule has 16 heteroatoms. The molecule has 3 atom stereocenters. The Morgan fingerprint density at radius 1 is 1.20 bits per heavy atom. The maximum Gasteiger partial charge on any atom is 0.410 e. The SMILES string of the molecule is Cc1cc(NC(=O)c2c3c(cn2C)S(=O)(=O)N[C@H]2CN(C(=O)C(=O)NC(C)(C)C(F)(F)F)CC24C[C@H]4O3)ccc1F. The number of likely N-dealkylation sites (tertiary alicyclic amines) is 1. The Labute approximate surface area is 232 Å². The molecule has 1 aliphatic carbocycles. The molecule has 2 aliphatic heterocycles. The number of ether oxygens (including phenoxy) is 1. The van der Waals surface area contributed by atoms with E-state index in [2.05, 4.69) is 10.0 Å². The van der Waals surface area contributed by atoms with Gasteiger partial charge in [0.15, 0.2) is 11.4 Å². The number of hydrogen-bond donors (Lipinski definition) is 3. The Bertz CT molecular complexity index is 1590. The molecular formula is C25H27F4N5O6S. The third kappa shape index (κ3) is 4.81. The van der Waals surface area contributed by atoms with Gasteiger partial charge in [-0.2, -0.15) is 13.2 Å². The van der Waals surface area contributed by atoms with Crippen molar-refractivity contribution in [2.24, 2.45) is 12.5 Å². The lowest BCUT2D eigenvalue weighted by molar-refractivity contribution is -0.189. The van der Waals surface area contributed by atoms with Gasteiger partial charge < -0.3 is 24.8 Å². The van der Waals surface area contributed by atoms with Crippen LogP contribution < -0.4 is 20.1 Å². The van der Waals surface area contributed by atoms with Crippen LogP contribution in [0.2, 0.25) is 0 Å². The van der Waals surface area contributed by atoms with E-state index in [4.69, 9.17) is 4.74 Å². The van der Waals surface area contributed by atoms with Crippen molar-refractivity contribution in [2.75, 3.05) is 18.4 Å². The summed E-state index contributed by atoms with van der Waals surface area (Å²) in [6, 6.07) is 3.05. The average Bonchev–Trinajstić information content (AvgIpc) is 3.23. The van der Waals surface area contributed by atoms with E-state index in [9.17, 15) is 40.4 Å². The Morgan fingerprint density at radius 2 is 1.88 bits per heavy atom. The molecule has 1 saturated heterocycles. The van der Waals surface area contributed by atoms with Gasteiger partial charge >= 0.3 is 18.0 Å². The topological polar surface area (TPSA) is 139 Å². The van der Waals surface area contributed by atoms with Crippen LogP contribution in [0, 0.1) is 18.2 Å². The average molecular weight is 602 g/mol. The number of fused-ring (bicyclic) bond motifs is 1. The van der Waals surface area contributed by atoms with Crippen molar-refractivity contribution in [2.45, 2.75) is 55.9 Å². The second-order valence-corrected chi connectivity index (χ2v) is 12.9. The quantitative estimate of drug-likeness (QED) is 0.363. The summed E-state index contributed by atoms with van der Waals surface area (Å²) in [6.45, 7) is 2.54. The monoisotopic (exact) mass is 601 g/mol. The molecule has 0 bridgehead atoms. The van der Waals surface area contributed by atoms with Crippen molar-refractivity contribution in [3.8, 4) is 5.75 Å². The Balaban J connectivity index is 1.39. The molecule has 11 nitrogen and oxygen atoms in total. The summed E-state index contributed by atoms with van der Waals surface area (Å²) in [5.41, 5.74) is -3.19. The van der Waals surface area contributed by atoms with Crippen LogP contribution in [0.15, 0.2) is 29.3 Å². The molecule has 1 aromatic heterocycles. The first-order valence-corrected chi connectivity index (χ1v) is 14.0. The largest absolute Gasteiger partial charge is 0.486 e. The van der Waals surface area contributed by atoms with Crippen LogP contribution in [0.4, 0.5) is 23.2 Å². The van der Waals surface area contributed by atoms with Crippen molar-refractivity contribution >= 4 is 33.4 Å². The van der Waals surface area contributed by atoms with Gasteiger partial charge in [-0.3, -0.25) is 14.4 Å². The number of amides is 3. The van der Waals surface area contributed by atoms with Gasteiger partial charge in [0.2, 0.25) is 10.0 Å². The molecular weight excluding hydrogens is 574 g/mol. The molecule has 3 N–H and O–H groups in total. The third-order valence-corrected chi connectivity index (χ3v) is 9.29. The number of benzene rings is 1. The van der Waals surface area contributed by atoms with Gasteiger partial charge in [0.05, 0.1) is 6.04 Å². The van der Waals surface area contributed by atoms with E-state index in [1.807, 2.05) is 0 Å². The number of nitrogens with zero attached hydrogens (tertiary/aromatic N) is 2. The molecule has 1 saturated carbocycles. The molecule has 2 aromatic rings. The molecule has 3 aliphatic rings. The highest BCUT2D eigenvalue weighted by molar-refractivity contribution is 7.89. The lowest BCUT2D eigenvalue weighted by Crippen LogP contribution is -2.57. The van der Waals surface area contributed by atoms with E-state index in [0.717, 1.165) is 18.7 Å². The normalized spacial score (nSPS) is 24.6. The first kappa shape index (κ1) is 28.9. The zero-order valence-electron chi connectivity index (χ0n) is 22.3. The van der Waals surface area contributed by atoms with Gasteiger partial charge in [0, 0.05) is 37.4 Å². The number of alkyl halides is 3. The highest BCUT2D eigenvalue weighted by Gasteiger charge is 2.68. The summed E-state index contributed by atoms with van der Waals surface area (Å²) >= 11 is 0. The van der Waals surface area contributed by atoms with Crippen LogP contribution in [0.3, 0.4) is 0 Å². The zero-order valence-corrected chi connectivity index (χ0v) is 23.2. The number of aromatic nitrogens is 1. The minimum atomic E-state index is -4.81. The molecule has 2 fully saturated rings. The molecule has 222 valence electrons. The minimum absolute atomic E-state index is 0.118. The van der Waals surface area contributed by atoms with Crippen LogP contribution in [0.1, 0.15) is 36.3 Å². The van der Waals surface area contributed by atoms with Crippen molar-refractivity contribution in [1.29, 1.82) is 0 Å². The summed E-state index contributed by atoms with van der Waals surface area (Å²) in [7, 11) is -2.86. The van der Waals surface area contributed by atoms with Gasteiger partial charge in [0.25, 0.3) is 5.91 Å². The smallest absolute Gasteiger partial charge is 0.410 e. The molecule has 5 rings (SSSR count). The summed E-state index contributed by atoms with van der Waals surface area (Å²) in [6.07, 6.45) is -4.02. The molecule has 3 heterocycles. The van der Waals surface area contributed by atoms with Crippen molar-refractivity contribution in [1.82, 2.24) is 19.5 Å². The van der Waals surface area contributed by atoms with E-state index >= 15 is 0 Å². The second kappa shape index (κ2) is 9.17. The van der Waals surface area contributed by atoms with Crippen molar-refractivity contribution in [3.63, 3.8) is 0 Å². The van der Waals surface area contributed by atoms with Crippen molar-refractivity contribution in [3.05, 3.63) is 41.5 Å². The molecule has 41 heavy (non-hydrogen) atoms. The predicted molar refractivity (Wildman–Crippen MR) is 135 cm³/mol. The number of aryl methyl sites for hydroxylation is 2. The number of rotatable bonds is 3. The van der Waals surface area contributed by atoms with Gasteiger partial charge in [-0.25, -0.2) is 17.5 Å². The first-order valence-electron chi connectivity index (χ1n) is 12.5. The highest BCUT2D eigenvalue weighted by atomic mass is 32.2. The molecule has 0 radical (unpaired) electrons. The van der Waals surface area contributed by atoms with Gasteiger partial charge in [-0.1, -0.05) is 0 Å².